The number of methoxy groups -OCH3 is 1. The van der Waals surface area contributed by atoms with Gasteiger partial charge in [-0.25, -0.2) is 8.42 Å². The third kappa shape index (κ3) is 3.80. The molecule has 6 heteroatoms. The van der Waals surface area contributed by atoms with Crippen LogP contribution in [0, 0.1) is 0 Å². The average Bonchev–Trinajstić information content (AvgIpc) is 2.45. The molecular weight excluding hydrogens is 278 g/mol. The third-order valence-electron chi connectivity index (χ3n) is 3.39. The lowest BCUT2D eigenvalue weighted by Gasteiger charge is -2.23. The molecule has 0 spiro atoms. The van der Waals surface area contributed by atoms with E-state index in [2.05, 4.69) is 4.74 Å². The number of rotatable bonds is 6. The molecular formula is C14H21NO4S. The van der Waals surface area contributed by atoms with Crippen molar-refractivity contribution in [3.8, 4) is 0 Å². The molecule has 0 aliphatic heterocycles. The van der Waals surface area contributed by atoms with Crippen molar-refractivity contribution >= 4 is 16.0 Å². The quantitative estimate of drug-likeness (QED) is 0.752. The fourth-order valence-electron chi connectivity index (χ4n) is 1.68. The van der Waals surface area contributed by atoms with Crippen molar-refractivity contribution in [2.45, 2.75) is 37.6 Å². The van der Waals surface area contributed by atoms with Gasteiger partial charge in [-0.05, 0) is 31.0 Å². The van der Waals surface area contributed by atoms with Crippen molar-refractivity contribution in [2.75, 3.05) is 14.2 Å². The molecule has 0 aliphatic rings. The Kier molecular flexibility index (Phi) is 5.71. The molecule has 112 valence electrons. The van der Waals surface area contributed by atoms with E-state index in [1.807, 2.05) is 13.8 Å². The van der Waals surface area contributed by atoms with Gasteiger partial charge in [0.15, 0.2) is 0 Å². The minimum absolute atomic E-state index is 0.0604. The van der Waals surface area contributed by atoms with E-state index < -0.39 is 10.0 Å². The highest BCUT2D eigenvalue weighted by molar-refractivity contribution is 7.89. The molecule has 1 aromatic carbocycles. The van der Waals surface area contributed by atoms with Gasteiger partial charge in [-0.3, -0.25) is 4.79 Å². The molecule has 0 N–H and O–H groups in total. The van der Waals surface area contributed by atoms with Crippen LogP contribution in [0.15, 0.2) is 29.2 Å². The molecule has 0 bridgehead atoms. The Morgan fingerprint density at radius 1 is 1.30 bits per heavy atom. The minimum atomic E-state index is -3.48. The topological polar surface area (TPSA) is 63.7 Å². The van der Waals surface area contributed by atoms with E-state index in [1.54, 1.807) is 19.2 Å². The van der Waals surface area contributed by atoms with Gasteiger partial charge in [0.05, 0.1) is 18.4 Å². The van der Waals surface area contributed by atoms with Crippen molar-refractivity contribution < 1.29 is 17.9 Å². The van der Waals surface area contributed by atoms with Crippen molar-refractivity contribution in [1.82, 2.24) is 4.31 Å². The fraction of sp³-hybridized carbons (Fsp3) is 0.500. The van der Waals surface area contributed by atoms with Crippen LogP contribution in [0.25, 0.3) is 0 Å². The summed E-state index contributed by atoms with van der Waals surface area (Å²) in [4.78, 5) is 11.4. The van der Waals surface area contributed by atoms with Crippen LogP contribution in [0.4, 0.5) is 0 Å². The predicted octanol–water partition coefficient (Wildman–Crippen LogP) is 1.82. The number of esters is 1. The molecule has 0 radical (unpaired) electrons. The molecule has 0 heterocycles. The van der Waals surface area contributed by atoms with Crippen molar-refractivity contribution in [3.63, 3.8) is 0 Å². The second-order valence-corrected chi connectivity index (χ2v) is 6.67. The molecule has 0 saturated carbocycles. The van der Waals surface area contributed by atoms with Crippen LogP contribution in [-0.2, 0) is 26.0 Å². The molecule has 0 saturated heterocycles. The van der Waals surface area contributed by atoms with E-state index in [-0.39, 0.29) is 23.3 Å². The summed E-state index contributed by atoms with van der Waals surface area (Å²) in [6.45, 7) is 3.80. The summed E-state index contributed by atoms with van der Waals surface area (Å²) in [6, 6.07) is 6.25. The first-order valence-corrected chi connectivity index (χ1v) is 7.90. The molecule has 0 aliphatic carbocycles. The van der Waals surface area contributed by atoms with Crippen LogP contribution in [0.1, 0.15) is 25.8 Å². The first-order valence-electron chi connectivity index (χ1n) is 6.46. The first kappa shape index (κ1) is 16.7. The zero-order chi connectivity index (χ0) is 15.3. The van der Waals surface area contributed by atoms with Crippen LogP contribution in [0.2, 0.25) is 0 Å². The summed E-state index contributed by atoms with van der Waals surface area (Å²) in [5.74, 6) is -0.350. The zero-order valence-electron chi connectivity index (χ0n) is 12.3. The summed E-state index contributed by atoms with van der Waals surface area (Å²) in [5, 5.41) is 0. The van der Waals surface area contributed by atoms with Crippen LogP contribution in [0.3, 0.4) is 0 Å². The summed E-state index contributed by atoms with van der Waals surface area (Å²) >= 11 is 0. The summed E-state index contributed by atoms with van der Waals surface area (Å²) < 4.78 is 30.6. The standard InChI is InChI=1S/C14H21NO4S/c1-5-11(2)15(3)20(17,18)13-8-6-12(7-9-13)10-14(16)19-4/h6-9,11H,5,10H2,1-4H3. The second-order valence-electron chi connectivity index (χ2n) is 4.68. The number of nitrogens with zero attached hydrogens (tertiary/aromatic N) is 1. The summed E-state index contributed by atoms with van der Waals surface area (Å²) in [6.07, 6.45) is 0.883. The highest BCUT2D eigenvalue weighted by Gasteiger charge is 2.24. The van der Waals surface area contributed by atoms with E-state index in [1.165, 1.54) is 23.5 Å². The summed E-state index contributed by atoms with van der Waals surface area (Å²) in [5.41, 5.74) is 0.724. The lowest BCUT2D eigenvalue weighted by molar-refractivity contribution is -0.139. The maximum Gasteiger partial charge on any atom is 0.309 e. The lowest BCUT2D eigenvalue weighted by Crippen LogP contribution is -2.34. The second kappa shape index (κ2) is 6.85. The third-order valence-corrected chi connectivity index (χ3v) is 5.37. The maximum atomic E-state index is 12.4. The Hall–Kier alpha value is -1.40. The van der Waals surface area contributed by atoms with Gasteiger partial charge in [-0.15, -0.1) is 0 Å². The Morgan fingerprint density at radius 3 is 2.30 bits per heavy atom. The number of carbonyl (C=O) groups is 1. The van der Waals surface area contributed by atoms with Gasteiger partial charge in [0.2, 0.25) is 10.0 Å². The zero-order valence-corrected chi connectivity index (χ0v) is 13.1. The largest absolute Gasteiger partial charge is 0.469 e. The number of benzene rings is 1. The van der Waals surface area contributed by atoms with Gasteiger partial charge in [-0.2, -0.15) is 4.31 Å². The fourth-order valence-corrected chi connectivity index (χ4v) is 3.11. The molecule has 1 unspecified atom stereocenters. The number of sulfonamides is 1. The number of hydrogen-bond donors (Lipinski definition) is 0. The van der Waals surface area contributed by atoms with Gasteiger partial charge in [-0.1, -0.05) is 19.1 Å². The Balaban J connectivity index is 2.95. The van der Waals surface area contributed by atoms with Crippen LogP contribution < -0.4 is 0 Å². The van der Waals surface area contributed by atoms with E-state index in [9.17, 15) is 13.2 Å². The van der Waals surface area contributed by atoms with Crippen molar-refractivity contribution in [3.05, 3.63) is 29.8 Å². The van der Waals surface area contributed by atoms with Crippen molar-refractivity contribution in [2.24, 2.45) is 0 Å². The highest BCUT2D eigenvalue weighted by Crippen LogP contribution is 2.18. The average molecular weight is 299 g/mol. The number of hydrogen-bond acceptors (Lipinski definition) is 4. The molecule has 1 rings (SSSR count). The van der Waals surface area contributed by atoms with Crippen LogP contribution in [0.5, 0.6) is 0 Å². The Morgan fingerprint density at radius 2 is 1.85 bits per heavy atom. The van der Waals surface area contributed by atoms with E-state index in [4.69, 9.17) is 0 Å². The normalized spacial score (nSPS) is 13.2. The first-order chi connectivity index (χ1) is 9.32. The smallest absolute Gasteiger partial charge is 0.309 e. The van der Waals surface area contributed by atoms with Crippen molar-refractivity contribution in [1.29, 1.82) is 0 Å². The highest BCUT2D eigenvalue weighted by atomic mass is 32.2. The molecule has 1 atom stereocenters. The van der Waals surface area contributed by atoms with E-state index in [0.717, 1.165) is 12.0 Å². The summed E-state index contributed by atoms with van der Waals surface area (Å²) in [7, 11) is -0.587. The van der Waals surface area contributed by atoms with Gasteiger partial charge in [0.25, 0.3) is 0 Å². The van der Waals surface area contributed by atoms with E-state index >= 15 is 0 Å². The number of carbonyl (C=O) groups excluding carboxylic acids is 1. The Labute approximate surface area is 120 Å². The monoisotopic (exact) mass is 299 g/mol. The van der Waals surface area contributed by atoms with Crippen LogP contribution >= 0.6 is 0 Å². The molecule has 0 amide bonds. The molecule has 0 fully saturated rings. The minimum Gasteiger partial charge on any atom is -0.469 e. The van der Waals surface area contributed by atoms with Gasteiger partial charge in [0, 0.05) is 13.1 Å². The van der Waals surface area contributed by atoms with Gasteiger partial charge in [0.1, 0.15) is 0 Å². The Bertz CT molecular complexity index is 551. The number of ether oxygens (including phenoxy) is 1. The molecule has 1 aromatic rings. The lowest BCUT2D eigenvalue weighted by atomic mass is 10.2. The molecule has 5 nitrogen and oxygen atoms in total. The predicted molar refractivity (Wildman–Crippen MR) is 76.9 cm³/mol. The van der Waals surface area contributed by atoms with Crippen LogP contribution in [-0.4, -0.2) is 38.9 Å². The van der Waals surface area contributed by atoms with Gasteiger partial charge >= 0.3 is 5.97 Å². The molecule has 20 heavy (non-hydrogen) atoms. The SMILES string of the molecule is CCC(C)N(C)S(=O)(=O)c1ccc(CC(=O)OC)cc1. The van der Waals surface area contributed by atoms with E-state index in [0.29, 0.717) is 0 Å². The van der Waals surface area contributed by atoms with Gasteiger partial charge < -0.3 is 4.74 Å². The maximum absolute atomic E-state index is 12.4. The molecule has 0 aromatic heterocycles.